The zero-order valence-electron chi connectivity index (χ0n) is 7.85. The van der Waals surface area contributed by atoms with Crippen molar-refractivity contribution in [3.05, 3.63) is 11.6 Å². The lowest BCUT2D eigenvalue weighted by Gasteiger charge is -2.32. The third kappa shape index (κ3) is 0.816. The highest BCUT2D eigenvalue weighted by atomic mass is 14.5. The van der Waals surface area contributed by atoms with Crippen LogP contribution in [-0.4, -0.2) is 0 Å². The van der Waals surface area contributed by atoms with E-state index in [0.717, 1.165) is 11.8 Å². The lowest BCUT2D eigenvalue weighted by molar-refractivity contribution is 0.287. The first-order chi connectivity index (χ1) is 5.16. The minimum Gasteiger partial charge on any atom is -0.0876 e. The summed E-state index contributed by atoms with van der Waals surface area (Å²) in [6.45, 7) is 7.05. The molecule has 2 fully saturated rings. The highest BCUT2D eigenvalue weighted by molar-refractivity contribution is 5.25. The highest BCUT2D eigenvalue weighted by Gasteiger charge is 2.48. The maximum atomic E-state index is 2.42. The Morgan fingerprint density at radius 1 is 1.36 bits per heavy atom. The van der Waals surface area contributed by atoms with Crippen molar-refractivity contribution in [3.63, 3.8) is 0 Å². The Hall–Kier alpha value is -0.260. The van der Waals surface area contributed by atoms with Crippen molar-refractivity contribution in [1.29, 1.82) is 0 Å². The van der Waals surface area contributed by atoms with Gasteiger partial charge in [-0.2, -0.15) is 0 Å². The molecule has 2 bridgehead atoms. The van der Waals surface area contributed by atoms with Gasteiger partial charge in [0.1, 0.15) is 0 Å². The second-order valence-corrected chi connectivity index (χ2v) is 4.67. The second-order valence-electron chi connectivity index (χ2n) is 4.67. The van der Waals surface area contributed by atoms with Crippen LogP contribution in [0.2, 0.25) is 0 Å². The van der Waals surface area contributed by atoms with Gasteiger partial charge in [-0.05, 0) is 43.4 Å². The standard InChI is InChI=1S/C11H18/c1-4-10-8-5-6-9(7-8)11(10,2)3/h4,8-9H,5-7H2,1-3H3/b10-4+/t8-,9-/m1/s1. The van der Waals surface area contributed by atoms with Crippen LogP contribution in [0.3, 0.4) is 0 Å². The van der Waals surface area contributed by atoms with E-state index in [-0.39, 0.29) is 0 Å². The van der Waals surface area contributed by atoms with Crippen LogP contribution in [0.15, 0.2) is 11.6 Å². The van der Waals surface area contributed by atoms with Crippen molar-refractivity contribution >= 4 is 0 Å². The Kier molecular flexibility index (Phi) is 1.42. The molecule has 0 aromatic carbocycles. The van der Waals surface area contributed by atoms with E-state index in [0.29, 0.717) is 5.41 Å². The summed E-state index contributed by atoms with van der Waals surface area (Å²) < 4.78 is 0. The van der Waals surface area contributed by atoms with Gasteiger partial charge in [0, 0.05) is 0 Å². The first-order valence-electron chi connectivity index (χ1n) is 4.83. The summed E-state index contributed by atoms with van der Waals surface area (Å²) >= 11 is 0. The quantitative estimate of drug-likeness (QED) is 0.464. The van der Waals surface area contributed by atoms with Crippen LogP contribution >= 0.6 is 0 Å². The Morgan fingerprint density at radius 3 is 2.45 bits per heavy atom. The van der Waals surface area contributed by atoms with E-state index >= 15 is 0 Å². The molecule has 0 radical (unpaired) electrons. The SMILES string of the molecule is C/C=C1\[C@@H]2CC[C@H](C2)C1(C)C. The van der Waals surface area contributed by atoms with Gasteiger partial charge in [-0.3, -0.25) is 0 Å². The maximum absolute atomic E-state index is 2.42. The second kappa shape index (κ2) is 2.12. The van der Waals surface area contributed by atoms with E-state index < -0.39 is 0 Å². The van der Waals surface area contributed by atoms with Crippen LogP contribution in [0.1, 0.15) is 40.0 Å². The van der Waals surface area contributed by atoms with E-state index in [2.05, 4.69) is 26.8 Å². The van der Waals surface area contributed by atoms with E-state index in [1.807, 2.05) is 0 Å². The predicted octanol–water partition coefficient (Wildman–Crippen LogP) is 3.39. The molecule has 2 saturated carbocycles. The minimum absolute atomic E-state index is 0.539. The molecule has 0 spiro atoms. The molecule has 0 amide bonds. The Balaban J connectivity index is 2.36. The summed E-state index contributed by atoms with van der Waals surface area (Å²) in [6.07, 6.45) is 6.79. The third-order valence-electron chi connectivity index (χ3n) is 3.95. The van der Waals surface area contributed by atoms with Crippen molar-refractivity contribution in [1.82, 2.24) is 0 Å². The van der Waals surface area contributed by atoms with E-state index in [1.54, 1.807) is 5.57 Å². The van der Waals surface area contributed by atoms with Crippen LogP contribution < -0.4 is 0 Å². The Bertz CT molecular complexity index is 198. The number of allylic oxidation sites excluding steroid dienone is 2. The Labute approximate surface area is 69.7 Å². The molecule has 0 aromatic heterocycles. The van der Waals surface area contributed by atoms with Crippen LogP contribution in [0.5, 0.6) is 0 Å². The van der Waals surface area contributed by atoms with Crippen molar-refractivity contribution < 1.29 is 0 Å². The van der Waals surface area contributed by atoms with Gasteiger partial charge >= 0.3 is 0 Å². The molecule has 0 unspecified atom stereocenters. The molecular formula is C11H18. The smallest absolute Gasteiger partial charge is 0.0114 e. The topological polar surface area (TPSA) is 0 Å². The monoisotopic (exact) mass is 150 g/mol. The molecule has 0 N–H and O–H groups in total. The van der Waals surface area contributed by atoms with Gasteiger partial charge in [-0.25, -0.2) is 0 Å². The molecule has 0 heteroatoms. The molecule has 2 rings (SSSR count). The molecule has 0 heterocycles. The van der Waals surface area contributed by atoms with Gasteiger partial charge in [0.25, 0.3) is 0 Å². The molecule has 2 atom stereocenters. The zero-order chi connectivity index (χ0) is 8.06. The van der Waals surface area contributed by atoms with E-state index in [1.165, 1.54) is 19.3 Å². The van der Waals surface area contributed by atoms with Crippen molar-refractivity contribution in [2.24, 2.45) is 17.3 Å². The fourth-order valence-corrected chi connectivity index (χ4v) is 3.29. The van der Waals surface area contributed by atoms with Crippen LogP contribution in [0.4, 0.5) is 0 Å². The first kappa shape index (κ1) is 7.39. The summed E-state index contributed by atoms with van der Waals surface area (Å²) in [5.74, 6) is 1.96. The number of hydrogen-bond acceptors (Lipinski definition) is 0. The lowest BCUT2D eigenvalue weighted by Crippen LogP contribution is -2.22. The molecule has 0 nitrogen and oxygen atoms in total. The molecular weight excluding hydrogens is 132 g/mol. The van der Waals surface area contributed by atoms with Crippen molar-refractivity contribution in [3.8, 4) is 0 Å². The molecule has 0 aromatic rings. The summed E-state index contributed by atoms with van der Waals surface area (Å²) in [4.78, 5) is 0. The van der Waals surface area contributed by atoms with Crippen molar-refractivity contribution in [2.75, 3.05) is 0 Å². The number of fused-ring (bicyclic) bond motifs is 2. The van der Waals surface area contributed by atoms with Crippen molar-refractivity contribution in [2.45, 2.75) is 40.0 Å². The van der Waals surface area contributed by atoms with Gasteiger partial charge in [0.15, 0.2) is 0 Å². The lowest BCUT2D eigenvalue weighted by atomic mass is 9.73. The summed E-state index contributed by atoms with van der Waals surface area (Å²) in [7, 11) is 0. The van der Waals surface area contributed by atoms with Crippen LogP contribution in [0.25, 0.3) is 0 Å². The molecule has 62 valence electrons. The third-order valence-corrected chi connectivity index (χ3v) is 3.95. The largest absolute Gasteiger partial charge is 0.0876 e. The average molecular weight is 150 g/mol. The Morgan fingerprint density at radius 2 is 2.09 bits per heavy atom. The molecule has 0 aliphatic heterocycles. The van der Waals surface area contributed by atoms with Gasteiger partial charge < -0.3 is 0 Å². The first-order valence-corrected chi connectivity index (χ1v) is 4.83. The predicted molar refractivity (Wildman–Crippen MR) is 48.4 cm³/mol. The number of rotatable bonds is 0. The van der Waals surface area contributed by atoms with Gasteiger partial charge in [0.2, 0.25) is 0 Å². The zero-order valence-corrected chi connectivity index (χ0v) is 7.85. The normalized spacial score (nSPS) is 43.7. The fourth-order valence-electron chi connectivity index (χ4n) is 3.29. The molecule has 0 saturated heterocycles. The molecule has 2 aliphatic rings. The molecule has 2 aliphatic carbocycles. The van der Waals surface area contributed by atoms with Gasteiger partial charge in [0.05, 0.1) is 0 Å². The van der Waals surface area contributed by atoms with Gasteiger partial charge in [-0.15, -0.1) is 0 Å². The van der Waals surface area contributed by atoms with Crippen LogP contribution in [0, 0.1) is 17.3 Å². The summed E-state index contributed by atoms with van der Waals surface area (Å²) in [5, 5.41) is 0. The molecule has 11 heavy (non-hydrogen) atoms. The van der Waals surface area contributed by atoms with E-state index in [4.69, 9.17) is 0 Å². The maximum Gasteiger partial charge on any atom is -0.0114 e. The highest BCUT2D eigenvalue weighted by Crippen LogP contribution is 2.58. The number of hydrogen-bond donors (Lipinski definition) is 0. The summed E-state index contributed by atoms with van der Waals surface area (Å²) in [5.41, 5.74) is 2.28. The van der Waals surface area contributed by atoms with E-state index in [9.17, 15) is 0 Å². The van der Waals surface area contributed by atoms with Gasteiger partial charge in [-0.1, -0.05) is 25.5 Å². The summed E-state index contributed by atoms with van der Waals surface area (Å²) in [6, 6.07) is 0. The fraction of sp³-hybridized carbons (Fsp3) is 0.818. The minimum atomic E-state index is 0.539. The average Bonchev–Trinajstić information content (AvgIpc) is 2.44. The van der Waals surface area contributed by atoms with Crippen LogP contribution in [-0.2, 0) is 0 Å².